The minimum Gasteiger partial charge on any atom is -0.373 e. The first-order chi connectivity index (χ1) is 9.01. The van der Waals surface area contributed by atoms with E-state index in [4.69, 9.17) is 11.6 Å². The Morgan fingerprint density at radius 1 is 1.42 bits per heavy atom. The van der Waals surface area contributed by atoms with Crippen molar-refractivity contribution < 1.29 is 0 Å². The molecule has 0 radical (unpaired) electrons. The van der Waals surface area contributed by atoms with Crippen LogP contribution in [0.15, 0.2) is 27.9 Å². The fraction of sp³-hybridized carbons (Fsp3) is 0.250. The lowest BCUT2D eigenvalue weighted by Crippen LogP contribution is -2.31. The van der Waals surface area contributed by atoms with Crippen molar-refractivity contribution in [1.29, 1.82) is 0 Å². The van der Waals surface area contributed by atoms with Gasteiger partial charge in [-0.2, -0.15) is 0 Å². The van der Waals surface area contributed by atoms with Gasteiger partial charge in [-0.15, -0.1) is 0 Å². The minimum absolute atomic E-state index is 0.199. The van der Waals surface area contributed by atoms with Crippen molar-refractivity contribution in [3.8, 4) is 0 Å². The van der Waals surface area contributed by atoms with Gasteiger partial charge in [-0.05, 0) is 19.1 Å². The summed E-state index contributed by atoms with van der Waals surface area (Å²) >= 11 is 6.05. The van der Waals surface area contributed by atoms with E-state index < -0.39 is 5.69 Å². The lowest BCUT2D eigenvalue weighted by atomic mass is 10.3. The number of aryl methyl sites for hydroxylation is 1. The smallest absolute Gasteiger partial charge is 0.328 e. The Kier molecular flexibility index (Phi) is 3.71. The van der Waals surface area contributed by atoms with E-state index in [2.05, 4.69) is 15.3 Å². The Labute approximate surface area is 114 Å². The van der Waals surface area contributed by atoms with Crippen molar-refractivity contribution in [1.82, 2.24) is 14.5 Å². The maximum absolute atomic E-state index is 11.7. The molecule has 2 N–H and O–H groups in total. The largest absolute Gasteiger partial charge is 0.373 e. The maximum atomic E-state index is 11.7. The number of rotatable bonds is 3. The number of nitrogens with one attached hydrogen (secondary N) is 2. The number of hydrogen-bond acceptors (Lipinski definition) is 4. The van der Waals surface area contributed by atoms with Crippen LogP contribution in [-0.4, -0.2) is 21.6 Å². The summed E-state index contributed by atoms with van der Waals surface area (Å²) in [6.45, 7) is 1.83. The second-order valence-corrected chi connectivity index (χ2v) is 4.48. The van der Waals surface area contributed by atoms with Gasteiger partial charge in [-0.25, -0.2) is 9.78 Å². The van der Waals surface area contributed by atoms with Crippen LogP contribution in [0, 0.1) is 6.92 Å². The van der Waals surface area contributed by atoms with Crippen molar-refractivity contribution in [3.63, 3.8) is 0 Å². The van der Waals surface area contributed by atoms with Gasteiger partial charge in [0.05, 0.1) is 17.3 Å². The van der Waals surface area contributed by atoms with Gasteiger partial charge in [0.15, 0.2) is 0 Å². The summed E-state index contributed by atoms with van der Waals surface area (Å²) in [6.07, 6.45) is 1.49. The van der Waals surface area contributed by atoms with E-state index in [1.807, 2.05) is 0 Å². The van der Waals surface area contributed by atoms with Gasteiger partial charge < -0.3 is 5.32 Å². The summed E-state index contributed by atoms with van der Waals surface area (Å²) in [4.78, 5) is 29.5. The zero-order valence-corrected chi connectivity index (χ0v) is 11.3. The fourth-order valence-corrected chi connectivity index (χ4v) is 1.80. The molecule has 2 rings (SSSR count). The van der Waals surface area contributed by atoms with Crippen molar-refractivity contribution in [2.45, 2.75) is 13.5 Å². The highest BCUT2D eigenvalue weighted by atomic mass is 35.5. The average molecular weight is 281 g/mol. The van der Waals surface area contributed by atoms with E-state index >= 15 is 0 Å². The monoisotopic (exact) mass is 280 g/mol. The van der Waals surface area contributed by atoms with Crippen molar-refractivity contribution in [2.75, 3.05) is 12.4 Å². The Morgan fingerprint density at radius 2 is 2.16 bits per heavy atom. The number of halogens is 1. The zero-order chi connectivity index (χ0) is 14.0. The molecule has 6 nitrogen and oxygen atoms in total. The highest BCUT2D eigenvalue weighted by molar-refractivity contribution is 6.31. The van der Waals surface area contributed by atoms with Gasteiger partial charge in [-0.1, -0.05) is 11.6 Å². The minimum atomic E-state index is -0.483. The number of pyridine rings is 1. The van der Waals surface area contributed by atoms with Gasteiger partial charge in [0.2, 0.25) is 0 Å². The molecule has 19 heavy (non-hydrogen) atoms. The number of hydrogen-bond donors (Lipinski definition) is 2. The molecule has 100 valence electrons. The second-order valence-electron chi connectivity index (χ2n) is 4.07. The molecule has 0 aliphatic heterocycles. The normalized spacial score (nSPS) is 10.5. The van der Waals surface area contributed by atoms with Gasteiger partial charge in [0, 0.05) is 18.8 Å². The highest BCUT2D eigenvalue weighted by Gasteiger charge is 2.07. The molecule has 2 aromatic rings. The van der Waals surface area contributed by atoms with Crippen LogP contribution in [-0.2, 0) is 6.54 Å². The lowest BCUT2D eigenvalue weighted by molar-refractivity contribution is 0.700. The zero-order valence-electron chi connectivity index (χ0n) is 10.5. The van der Waals surface area contributed by atoms with E-state index in [1.165, 1.54) is 10.8 Å². The molecule has 0 aromatic carbocycles. The number of aromatic amines is 1. The Hall–Kier alpha value is -2.08. The molecule has 0 fully saturated rings. The Morgan fingerprint density at radius 3 is 2.84 bits per heavy atom. The third kappa shape index (κ3) is 2.85. The van der Waals surface area contributed by atoms with E-state index in [1.54, 1.807) is 26.1 Å². The van der Waals surface area contributed by atoms with Crippen LogP contribution < -0.4 is 16.6 Å². The molecule has 0 unspecified atom stereocenters. The molecule has 0 saturated carbocycles. The first-order valence-electron chi connectivity index (χ1n) is 5.65. The SMILES string of the molecule is CNc1ccc(Cl)c(Cn2cc(C)c(=O)[nH]c2=O)n1. The van der Waals surface area contributed by atoms with Crippen LogP contribution in [0.25, 0.3) is 0 Å². The fourth-order valence-electron chi connectivity index (χ4n) is 1.63. The number of anilines is 1. The Bertz CT molecular complexity index is 720. The van der Waals surface area contributed by atoms with Crippen LogP contribution in [0.5, 0.6) is 0 Å². The van der Waals surface area contributed by atoms with Crippen molar-refractivity contribution in [3.05, 3.63) is 55.4 Å². The van der Waals surface area contributed by atoms with Crippen LogP contribution in [0.2, 0.25) is 5.02 Å². The summed E-state index contributed by atoms with van der Waals surface area (Å²) in [5.41, 5.74) is 0.148. The summed E-state index contributed by atoms with van der Waals surface area (Å²) in [5, 5.41) is 3.37. The molecule has 2 aromatic heterocycles. The van der Waals surface area contributed by atoms with Gasteiger partial charge in [-0.3, -0.25) is 14.3 Å². The summed E-state index contributed by atoms with van der Waals surface area (Å²) in [5.74, 6) is 0.661. The Balaban J connectivity index is 2.44. The molecule has 0 spiro atoms. The van der Waals surface area contributed by atoms with Crippen LogP contribution in [0.4, 0.5) is 5.82 Å². The van der Waals surface area contributed by atoms with E-state index in [-0.39, 0.29) is 12.1 Å². The molecule has 2 heterocycles. The highest BCUT2D eigenvalue weighted by Crippen LogP contribution is 2.16. The maximum Gasteiger partial charge on any atom is 0.328 e. The van der Waals surface area contributed by atoms with Crippen LogP contribution in [0.3, 0.4) is 0 Å². The summed E-state index contributed by atoms with van der Waals surface area (Å²) in [7, 11) is 1.75. The van der Waals surface area contributed by atoms with Crippen LogP contribution >= 0.6 is 11.6 Å². The average Bonchev–Trinajstić information content (AvgIpc) is 2.38. The lowest BCUT2D eigenvalue weighted by Gasteiger charge is -2.08. The number of nitrogens with zero attached hydrogens (tertiary/aromatic N) is 2. The first-order valence-corrected chi connectivity index (χ1v) is 6.02. The summed E-state index contributed by atoms with van der Waals surface area (Å²) in [6, 6.07) is 3.45. The van der Waals surface area contributed by atoms with Gasteiger partial charge >= 0.3 is 5.69 Å². The molecule has 0 bridgehead atoms. The van der Waals surface area contributed by atoms with Crippen molar-refractivity contribution >= 4 is 17.4 Å². The molecule has 0 aliphatic carbocycles. The molecular weight excluding hydrogens is 268 g/mol. The second kappa shape index (κ2) is 5.27. The quantitative estimate of drug-likeness (QED) is 0.878. The standard InChI is InChI=1S/C12H13ClN4O2/c1-7-5-17(12(19)16-11(7)18)6-9-8(13)3-4-10(14-2)15-9/h3-5H,6H2,1-2H3,(H,14,15)(H,16,18,19). The topological polar surface area (TPSA) is 79.8 Å². The van der Waals surface area contributed by atoms with Crippen molar-refractivity contribution in [2.24, 2.45) is 0 Å². The predicted molar refractivity (Wildman–Crippen MR) is 74.0 cm³/mol. The molecule has 0 aliphatic rings. The van der Waals surface area contributed by atoms with Gasteiger partial charge in [0.1, 0.15) is 5.82 Å². The third-order valence-corrected chi connectivity index (χ3v) is 3.03. The third-order valence-electron chi connectivity index (χ3n) is 2.68. The predicted octanol–water partition coefficient (Wildman–Crippen LogP) is 0.983. The van der Waals surface area contributed by atoms with Gasteiger partial charge in [0.25, 0.3) is 5.56 Å². The van der Waals surface area contributed by atoms with E-state index in [0.29, 0.717) is 22.1 Å². The first kappa shape index (κ1) is 13.4. The van der Waals surface area contributed by atoms with Crippen LogP contribution in [0.1, 0.15) is 11.3 Å². The molecule has 7 heteroatoms. The molecular formula is C12H13ClN4O2. The molecule has 0 saturated heterocycles. The van der Waals surface area contributed by atoms with E-state index in [0.717, 1.165) is 0 Å². The summed E-state index contributed by atoms with van der Waals surface area (Å²) < 4.78 is 1.37. The van der Waals surface area contributed by atoms with E-state index in [9.17, 15) is 9.59 Å². The molecule has 0 amide bonds. The molecule has 0 atom stereocenters. The number of aromatic nitrogens is 3. The number of H-pyrrole nitrogens is 1.